The van der Waals surface area contributed by atoms with Crippen molar-refractivity contribution >= 4 is 62.3 Å². The lowest BCUT2D eigenvalue weighted by Crippen LogP contribution is -2.51. The minimum absolute atomic E-state index is 0.0145. The maximum Gasteiger partial charge on any atom is 0.265 e. The van der Waals surface area contributed by atoms with E-state index in [0.29, 0.717) is 16.3 Å². The lowest BCUT2D eigenvalue weighted by molar-refractivity contribution is -0.140. The Hall–Kier alpha value is -3.38. The van der Waals surface area contributed by atoms with E-state index in [-0.39, 0.29) is 45.1 Å². The van der Waals surface area contributed by atoms with Crippen LogP contribution in [-0.2, 0) is 26.2 Å². The van der Waals surface area contributed by atoms with Crippen LogP contribution in [0.3, 0.4) is 0 Å². The highest BCUT2D eigenvalue weighted by atomic mass is 35.5. The molecule has 0 saturated heterocycles. The summed E-state index contributed by atoms with van der Waals surface area (Å²) in [6.45, 7) is 0.980. The third-order valence-electron chi connectivity index (χ3n) is 6.60. The molecule has 3 aromatic carbocycles. The van der Waals surface area contributed by atoms with E-state index in [0.717, 1.165) is 4.31 Å². The molecule has 3 aromatic rings. The van der Waals surface area contributed by atoms with Crippen molar-refractivity contribution < 1.29 is 32.2 Å². The summed E-state index contributed by atoms with van der Waals surface area (Å²) in [6.07, 6.45) is 0.246. The third-order valence-corrected chi connectivity index (χ3v) is 9.33. The fourth-order valence-electron chi connectivity index (χ4n) is 4.40. The van der Waals surface area contributed by atoms with Crippen molar-refractivity contribution in [3.05, 3.63) is 75.2 Å². The molecule has 2 amide bonds. The van der Waals surface area contributed by atoms with Crippen molar-refractivity contribution in [2.45, 2.75) is 30.8 Å². The van der Waals surface area contributed by atoms with E-state index in [4.69, 9.17) is 49.0 Å². The number of nitrogens with one attached hydrogen (secondary N) is 1. The molecule has 0 bridgehead atoms. The van der Waals surface area contributed by atoms with Crippen molar-refractivity contribution in [2.24, 2.45) is 0 Å². The van der Waals surface area contributed by atoms with Gasteiger partial charge in [0, 0.05) is 24.7 Å². The van der Waals surface area contributed by atoms with Crippen molar-refractivity contribution in [1.82, 2.24) is 10.2 Å². The monoisotopic (exact) mass is 671 g/mol. The van der Waals surface area contributed by atoms with Gasteiger partial charge in [0.25, 0.3) is 10.0 Å². The highest BCUT2D eigenvalue weighted by Gasteiger charge is 2.35. The van der Waals surface area contributed by atoms with Crippen LogP contribution < -0.4 is 23.8 Å². The van der Waals surface area contributed by atoms with Gasteiger partial charge in [-0.25, -0.2) is 8.42 Å². The summed E-state index contributed by atoms with van der Waals surface area (Å²) in [6, 6.07) is 12.4. The second-order valence-electron chi connectivity index (χ2n) is 9.15. The van der Waals surface area contributed by atoms with Gasteiger partial charge in [0.2, 0.25) is 11.8 Å². The summed E-state index contributed by atoms with van der Waals surface area (Å²) in [4.78, 5) is 28.2. The number of ether oxygens (including phenoxy) is 3. The molecule has 0 aliphatic heterocycles. The zero-order chi connectivity index (χ0) is 31.9. The standard InChI is InChI=1S/C29H32Cl3N3O7S/c1-6-23(29(37)33-2)34(16-18-7-10-21(31)22(32)13-18)28(36)17-35(24-14-19(30)8-11-25(24)40-3)43(38,39)20-9-12-26(41-4)27(15-20)42-5/h7-15,23H,6,16-17H2,1-5H3,(H,33,37)/t23-/m1/s1. The molecule has 10 nitrogen and oxygen atoms in total. The van der Waals surface area contributed by atoms with Gasteiger partial charge in [-0.1, -0.05) is 47.8 Å². The number of nitrogens with zero attached hydrogens (tertiary/aromatic N) is 2. The number of carbonyl (C=O) groups is 2. The van der Waals surface area contributed by atoms with Gasteiger partial charge in [-0.05, 0) is 54.4 Å². The first-order valence-corrected chi connectivity index (χ1v) is 15.5. The summed E-state index contributed by atoms with van der Waals surface area (Å²) in [7, 11) is 1.16. The van der Waals surface area contributed by atoms with Gasteiger partial charge in [-0.2, -0.15) is 0 Å². The van der Waals surface area contributed by atoms with E-state index < -0.39 is 34.4 Å². The van der Waals surface area contributed by atoms with Crippen LogP contribution in [0.5, 0.6) is 17.2 Å². The number of benzene rings is 3. The molecule has 0 aliphatic rings. The Kier molecular flexibility index (Phi) is 11.8. The fourth-order valence-corrected chi connectivity index (χ4v) is 6.32. The number of sulfonamides is 1. The van der Waals surface area contributed by atoms with E-state index in [2.05, 4.69) is 5.32 Å². The topological polar surface area (TPSA) is 114 Å². The molecule has 0 aliphatic carbocycles. The first-order valence-electron chi connectivity index (χ1n) is 12.9. The normalized spacial score (nSPS) is 11.8. The molecule has 0 heterocycles. The number of amides is 2. The van der Waals surface area contributed by atoms with E-state index >= 15 is 0 Å². The van der Waals surface area contributed by atoms with Crippen molar-refractivity contribution in [2.75, 3.05) is 39.2 Å². The predicted octanol–water partition coefficient (Wildman–Crippen LogP) is 5.42. The van der Waals surface area contributed by atoms with Gasteiger partial charge in [0.05, 0.1) is 42.0 Å². The summed E-state index contributed by atoms with van der Waals surface area (Å²) in [5, 5.41) is 3.37. The molecule has 0 spiro atoms. The smallest absolute Gasteiger partial charge is 0.265 e. The highest BCUT2D eigenvalue weighted by Crippen LogP contribution is 2.37. The van der Waals surface area contributed by atoms with E-state index in [1.54, 1.807) is 25.1 Å². The van der Waals surface area contributed by atoms with E-state index in [1.165, 1.54) is 69.7 Å². The predicted molar refractivity (Wildman–Crippen MR) is 167 cm³/mol. The van der Waals surface area contributed by atoms with Crippen LogP contribution in [-0.4, -0.2) is 66.1 Å². The maximum atomic E-state index is 14.3. The Morgan fingerprint density at radius 2 is 1.51 bits per heavy atom. The molecule has 0 fully saturated rings. The number of rotatable bonds is 13. The fraction of sp³-hybridized carbons (Fsp3) is 0.310. The molecule has 14 heteroatoms. The van der Waals surface area contributed by atoms with Crippen molar-refractivity contribution in [3.8, 4) is 17.2 Å². The minimum Gasteiger partial charge on any atom is -0.495 e. The maximum absolute atomic E-state index is 14.3. The number of hydrogen-bond acceptors (Lipinski definition) is 7. The number of halogens is 3. The van der Waals surface area contributed by atoms with Gasteiger partial charge in [0.15, 0.2) is 11.5 Å². The number of carbonyl (C=O) groups excluding carboxylic acids is 2. The Bertz CT molecular complexity index is 1590. The molecular formula is C29H32Cl3N3O7S. The van der Waals surface area contributed by atoms with Crippen LogP contribution in [0.2, 0.25) is 15.1 Å². The van der Waals surface area contributed by atoms with Crippen molar-refractivity contribution in [1.29, 1.82) is 0 Å². The minimum atomic E-state index is -4.46. The largest absolute Gasteiger partial charge is 0.495 e. The van der Waals surface area contributed by atoms with Gasteiger partial charge in [-0.15, -0.1) is 0 Å². The second-order valence-corrected chi connectivity index (χ2v) is 12.3. The average molecular weight is 673 g/mol. The summed E-state index contributed by atoms with van der Waals surface area (Å²) < 4.78 is 45.4. The average Bonchev–Trinajstić information content (AvgIpc) is 3.00. The first-order chi connectivity index (χ1) is 20.4. The van der Waals surface area contributed by atoms with Crippen LogP contribution in [0.1, 0.15) is 18.9 Å². The Labute approximate surface area is 266 Å². The molecule has 43 heavy (non-hydrogen) atoms. The summed E-state index contributed by atoms with van der Waals surface area (Å²) >= 11 is 18.6. The second kappa shape index (κ2) is 14.9. The summed E-state index contributed by atoms with van der Waals surface area (Å²) in [5.41, 5.74) is 0.598. The van der Waals surface area contributed by atoms with Crippen LogP contribution in [0.15, 0.2) is 59.5 Å². The van der Waals surface area contributed by atoms with Gasteiger partial charge >= 0.3 is 0 Å². The number of hydrogen-bond donors (Lipinski definition) is 1. The lowest BCUT2D eigenvalue weighted by Gasteiger charge is -2.33. The third kappa shape index (κ3) is 7.77. The zero-order valence-corrected chi connectivity index (χ0v) is 27.3. The Balaban J connectivity index is 2.18. The van der Waals surface area contributed by atoms with Gasteiger partial charge in [-0.3, -0.25) is 13.9 Å². The lowest BCUT2D eigenvalue weighted by atomic mass is 10.1. The van der Waals surface area contributed by atoms with Crippen molar-refractivity contribution in [3.63, 3.8) is 0 Å². The van der Waals surface area contributed by atoms with E-state index in [9.17, 15) is 18.0 Å². The number of likely N-dealkylation sites (N-methyl/N-ethyl adjacent to an activating group) is 1. The Morgan fingerprint density at radius 1 is 0.860 bits per heavy atom. The molecule has 0 aromatic heterocycles. The van der Waals surface area contributed by atoms with Crippen LogP contribution in [0.25, 0.3) is 0 Å². The highest BCUT2D eigenvalue weighted by molar-refractivity contribution is 7.92. The number of methoxy groups -OCH3 is 3. The molecule has 1 atom stereocenters. The van der Waals surface area contributed by atoms with Gasteiger partial charge in [0.1, 0.15) is 18.3 Å². The summed E-state index contributed by atoms with van der Waals surface area (Å²) in [5.74, 6) is -0.470. The molecule has 232 valence electrons. The van der Waals surface area contributed by atoms with Crippen LogP contribution in [0.4, 0.5) is 5.69 Å². The molecule has 0 unspecified atom stereocenters. The first kappa shape index (κ1) is 34.1. The number of anilines is 1. The molecular weight excluding hydrogens is 641 g/mol. The van der Waals surface area contributed by atoms with Gasteiger partial charge < -0.3 is 24.4 Å². The zero-order valence-electron chi connectivity index (χ0n) is 24.2. The SMILES string of the molecule is CC[C@H](C(=O)NC)N(Cc1ccc(Cl)c(Cl)c1)C(=O)CN(c1cc(Cl)ccc1OC)S(=O)(=O)c1ccc(OC)c(OC)c1. The molecule has 3 rings (SSSR count). The molecule has 0 radical (unpaired) electrons. The molecule has 1 N–H and O–H groups in total. The quantitative estimate of drug-likeness (QED) is 0.258. The van der Waals surface area contributed by atoms with Crippen LogP contribution in [0, 0.1) is 0 Å². The Morgan fingerprint density at radius 3 is 2.09 bits per heavy atom. The van der Waals surface area contributed by atoms with Crippen LogP contribution >= 0.6 is 34.8 Å². The molecule has 0 saturated carbocycles. The van der Waals surface area contributed by atoms with E-state index in [1.807, 2.05) is 0 Å².